The molecule has 0 amide bonds. The maximum Gasteiger partial charge on any atom is 0.191 e. The van der Waals surface area contributed by atoms with Gasteiger partial charge in [0.1, 0.15) is 0 Å². The first-order valence-electron chi connectivity index (χ1n) is 2.62. The van der Waals surface area contributed by atoms with E-state index in [-0.39, 0.29) is 4.63 Å². The van der Waals surface area contributed by atoms with Crippen molar-refractivity contribution >= 4 is 27.8 Å². The summed E-state index contributed by atoms with van der Waals surface area (Å²) in [5.41, 5.74) is 0. The van der Waals surface area contributed by atoms with Crippen LogP contribution in [0.2, 0.25) is 0 Å². The van der Waals surface area contributed by atoms with Crippen LogP contribution < -0.4 is 0 Å². The van der Waals surface area contributed by atoms with Gasteiger partial charge < -0.3 is 0 Å². The minimum Gasteiger partial charge on any atom is -0.263 e. The van der Waals surface area contributed by atoms with Crippen molar-refractivity contribution in [1.29, 1.82) is 0 Å². The number of hydrogen-bond acceptors (Lipinski definition) is 1. The van der Waals surface area contributed by atoms with E-state index in [2.05, 4.69) is 11.9 Å². The zero-order chi connectivity index (χ0) is 6.41. The predicted octanol–water partition coefficient (Wildman–Crippen LogP) is 2.62. The zero-order valence-electron chi connectivity index (χ0n) is 4.82. The fourth-order valence-electron chi connectivity index (χ4n) is 0.322. The Bertz CT molecular complexity index is 76.5. The molecule has 0 fully saturated rings. The van der Waals surface area contributed by atoms with Gasteiger partial charge in [-0.25, -0.2) is 0 Å². The Kier molecular flexibility index (Phi) is 5.56. The van der Waals surface area contributed by atoms with Gasteiger partial charge in [-0.3, -0.25) is 4.99 Å². The van der Waals surface area contributed by atoms with E-state index in [9.17, 15) is 0 Å². The molecule has 0 saturated carbocycles. The van der Waals surface area contributed by atoms with Crippen LogP contribution in [-0.2, 0) is 0 Å². The van der Waals surface area contributed by atoms with Crippen LogP contribution in [0.3, 0.4) is 0 Å². The Hall–Kier alpha value is 0.250. The molecule has 1 nitrogen and oxygen atoms in total. The SMILES string of the molecule is CCCCN=C(Cl)Cl. The summed E-state index contributed by atoms with van der Waals surface area (Å²) in [6.07, 6.45) is 2.19. The molecule has 3 heteroatoms. The fraction of sp³-hybridized carbons (Fsp3) is 0.800. The minimum atomic E-state index is 0.137. The topological polar surface area (TPSA) is 12.4 Å². The summed E-state index contributed by atoms with van der Waals surface area (Å²) in [6, 6.07) is 0. The molecule has 0 radical (unpaired) electrons. The second-order valence-electron chi connectivity index (χ2n) is 1.48. The van der Waals surface area contributed by atoms with Gasteiger partial charge in [-0.2, -0.15) is 0 Å². The van der Waals surface area contributed by atoms with Crippen molar-refractivity contribution < 1.29 is 0 Å². The third-order valence-corrected chi connectivity index (χ3v) is 0.982. The first-order valence-corrected chi connectivity index (χ1v) is 3.38. The standard InChI is InChI=1S/C5H9Cl2N/c1-2-3-4-8-5(6)7/h2-4H2,1H3. The van der Waals surface area contributed by atoms with E-state index in [4.69, 9.17) is 23.2 Å². The Labute approximate surface area is 59.7 Å². The lowest BCUT2D eigenvalue weighted by molar-refractivity contribution is 0.810. The van der Waals surface area contributed by atoms with Gasteiger partial charge in [-0.15, -0.1) is 0 Å². The van der Waals surface area contributed by atoms with E-state index >= 15 is 0 Å². The first-order chi connectivity index (χ1) is 3.77. The van der Waals surface area contributed by atoms with Gasteiger partial charge in [-0.05, 0) is 29.6 Å². The van der Waals surface area contributed by atoms with Crippen LogP contribution in [-0.4, -0.2) is 11.2 Å². The molecule has 0 aromatic carbocycles. The largest absolute Gasteiger partial charge is 0.263 e. The third-order valence-electron chi connectivity index (χ3n) is 0.743. The molecule has 0 rings (SSSR count). The number of nitrogens with zero attached hydrogens (tertiary/aromatic N) is 1. The number of aliphatic imine (C=N–C) groups is 1. The van der Waals surface area contributed by atoms with Gasteiger partial charge in [0, 0.05) is 6.54 Å². The molecule has 0 atom stereocenters. The summed E-state index contributed by atoms with van der Waals surface area (Å²) in [7, 11) is 0. The molecule has 0 heterocycles. The van der Waals surface area contributed by atoms with Crippen LogP contribution in [0.15, 0.2) is 4.99 Å². The molecule has 48 valence electrons. The normalized spacial score (nSPS) is 8.88. The van der Waals surface area contributed by atoms with Crippen molar-refractivity contribution in [2.75, 3.05) is 6.54 Å². The van der Waals surface area contributed by atoms with Crippen molar-refractivity contribution in [3.63, 3.8) is 0 Å². The van der Waals surface area contributed by atoms with E-state index in [1.807, 2.05) is 0 Å². The third kappa shape index (κ3) is 6.25. The average molecular weight is 154 g/mol. The molecule has 0 unspecified atom stereocenters. The van der Waals surface area contributed by atoms with Gasteiger partial charge in [-0.1, -0.05) is 13.3 Å². The molecular weight excluding hydrogens is 145 g/mol. The van der Waals surface area contributed by atoms with Crippen LogP contribution in [0.1, 0.15) is 19.8 Å². The second kappa shape index (κ2) is 5.39. The minimum absolute atomic E-state index is 0.137. The molecule has 0 N–H and O–H groups in total. The molecule has 0 aromatic rings. The molecular formula is C5H9Cl2N. The summed E-state index contributed by atoms with van der Waals surface area (Å²) in [6.45, 7) is 2.84. The van der Waals surface area contributed by atoms with Crippen LogP contribution in [0, 0.1) is 0 Å². The van der Waals surface area contributed by atoms with Crippen LogP contribution in [0.5, 0.6) is 0 Å². The summed E-state index contributed by atoms with van der Waals surface area (Å²) < 4.78 is 0.137. The highest BCUT2D eigenvalue weighted by Crippen LogP contribution is 1.93. The molecule has 0 aliphatic carbocycles. The van der Waals surface area contributed by atoms with Crippen LogP contribution >= 0.6 is 23.2 Å². The molecule has 0 aromatic heterocycles. The van der Waals surface area contributed by atoms with E-state index in [0.717, 1.165) is 19.4 Å². The molecule has 0 aliphatic rings. The second-order valence-corrected chi connectivity index (χ2v) is 2.39. The number of rotatable bonds is 3. The van der Waals surface area contributed by atoms with Crippen molar-refractivity contribution in [2.45, 2.75) is 19.8 Å². The Morgan fingerprint density at radius 1 is 1.50 bits per heavy atom. The van der Waals surface area contributed by atoms with Crippen molar-refractivity contribution in [3.05, 3.63) is 0 Å². The quantitative estimate of drug-likeness (QED) is 0.437. The van der Waals surface area contributed by atoms with E-state index < -0.39 is 0 Å². The maximum absolute atomic E-state index is 5.23. The summed E-state index contributed by atoms with van der Waals surface area (Å²) in [4.78, 5) is 3.76. The molecule has 0 aliphatic heterocycles. The molecule has 0 spiro atoms. The predicted molar refractivity (Wildman–Crippen MR) is 38.9 cm³/mol. The highest BCUT2D eigenvalue weighted by molar-refractivity contribution is 6.95. The summed E-state index contributed by atoms with van der Waals surface area (Å²) in [5, 5.41) is 0. The van der Waals surface area contributed by atoms with E-state index in [1.54, 1.807) is 0 Å². The molecule has 8 heavy (non-hydrogen) atoms. The summed E-state index contributed by atoms with van der Waals surface area (Å²) >= 11 is 10.5. The fourth-order valence-corrected chi connectivity index (χ4v) is 0.491. The van der Waals surface area contributed by atoms with Crippen molar-refractivity contribution in [2.24, 2.45) is 4.99 Å². The Morgan fingerprint density at radius 3 is 2.50 bits per heavy atom. The van der Waals surface area contributed by atoms with Gasteiger partial charge in [0.15, 0.2) is 4.63 Å². The lowest BCUT2D eigenvalue weighted by Crippen LogP contribution is -1.79. The average Bonchev–Trinajstić information content (AvgIpc) is 1.66. The van der Waals surface area contributed by atoms with E-state index in [0.29, 0.717) is 0 Å². The smallest absolute Gasteiger partial charge is 0.191 e. The molecule has 0 bridgehead atoms. The van der Waals surface area contributed by atoms with Gasteiger partial charge in [0.05, 0.1) is 0 Å². The number of halogens is 2. The highest BCUT2D eigenvalue weighted by atomic mass is 35.5. The van der Waals surface area contributed by atoms with Crippen LogP contribution in [0.4, 0.5) is 0 Å². The lowest BCUT2D eigenvalue weighted by atomic mass is 10.3. The highest BCUT2D eigenvalue weighted by Gasteiger charge is 1.82. The number of hydrogen-bond donors (Lipinski definition) is 0. The maximum atomic E-state index is 5.23. The lowest BCUT2D eigenvalue weighted by Gasteiger charge is -1.86. The number of unbranched alkanes of at least 4 members (excludes halogenated alkanes) is 1. The van der Waals surface area contributed by atoms with Crippen molar-refractivity contribution in [1.82, 2.24) is 0 Å². The van der Waals surface area contributed by atoms with Crippen molar-refractivity contribution in [3.8, 4) is 0 Å². The van der Waals surface area contributed by atoms with Gasteiger partial charge >= 0.3 is 0 Å². The summed E-state index contributed by atoms with van der Waals surface area (Å²) in [5.74, 6) is 0. The van der Waals surface area contributed by atoms with Crippen LogP contribution in [0.25, 0.3) is 0 Å². The zero-order valence-corrected chi connectivity index (χ0v) is 6.34. The first kappa shape index (κ1) is 8.25. The Balaban J connectivity index is 3.03. The van der Waals surface area contributed by atoms with Gasteiger partial charge in [0.2, 0.25) is 0 Å². The Morgan fingerprint density at radius 2 is 2.12 bits per heavy atom. The van der Waals surface area contributed by atoms with Gasteiger partial charge in [0.25, 0.3) is 0 Å². The molecule has 0 saturated heterocycles. The van der Waals surface area contributed by atoms with E-state index in [1.165, 1.54) is 0 Å². The monoisotopic (exact) mass is 153 g/mol.